The molecule has 1 saturated heterocycles. The standard InChI is InChI=1S/C26H26ClN3O3/c27-22-10-6-20(7-11-22)14-15-29-16-18-30(19-17-29)25(31)21-8-12-23(13-9-21)28-26(32)33-24-4-2-1-3-5-24/h1-13H,14-19H2,(H,28,32). The summed E-state index contributed by atoms with van der Waals surface area (Å²) in [5.41, 5.74) is 2.44. The van der Waals surface area contributed by atoms with Crippen LogP contribution in [0.25, 0.3) is 0 Å². The molecule has 6 nitrogen and oxygen atoms in total. The fourth-order valence-corrected chi connectivity index (χ4v) is 3.86. The molecule has 4 rings (SSSR count). The van der Waals surface area contributed by atoms with Crippen LogP contribution in [0.5, 0.6) is 5.75 Å². The molecular weight excluding hydrogens is 438 g/mol. The molecule has 0 atom stereocenters. The molecule has 1 heterocycles. The van der Waals surface area contributed by atoms with Crippen LogP contribution in [0.1, 0.15) is 15.9 Å². The van der Waals surface area contributed by atoms with Gasteiger partial charge in [0.15, 0.2) is 0 Å². The summed E-state index contributed by atoms with van der Waals surface area (Å²) in [7, 11) is 0. The highest BCUT2D eigenvalue weighted by atomic mass is 35.5. The summed E-state index contributed by atoms with van der Waals surface area (Å²) in [4.78, 5) is 29.2. The molecule has 0 bridgehead atoms. The van der Waals surface area contributed by atoms with Crippen LogP contribution < -0.4 is 10.1 Å². The summed E-state index contributed by atoms with van der Waals surface area (Å²) in [5, 5.41) is 3.42. The number of benzene rings is 3. The highest BCUT2D eigenvalue weighted by Gasteiger charge is 2.22. The van der Waals surface area contributed by atoms with Crippen LogP contribution in [0, 0.1) is 0 Å². The molecule has 1 aliphatic heterocycles. The predicted octanol–water partition coefficient (Wildman–Crippen LogP) is 4.95. The molecule has 1 N–H and O–H groups in total. The van der Waals surface area contributed by atoms with E-state index in [0.717, 1.165) is 31.1 Å². The summed E-state index contributed by atoms with van der Waals surface area (Å²) < 4.78 is 5.22. The maximum atomic E-state index is 12.9. The van der Waals surface area contributed by atoms with E-state index >= 15 is 0 Å². The number of halogens is 1. The Morgan fingerprint density at radius 2 is 1.52 bits per heavy atom. The topological polar surface area (TPSA) is 61.9 Å². The van der Waals surface area contributed by atoms with Crippen molar-refractivity contribution in [1.29, 1.82) is 0 Å². The van der Waals surface area contributed by atoms with E-state index in [0.29, 0.717) is 30.1 Å². The number of rotatable bonds is 6. The zero-order chi connectivity index (χ0) is 23.0. The summed E-state index contributed by atoms with van der Waals surface area (Å²) in [6.07, 6.45) is 0.390. The summed E-state index contributed by atoms with van der Waals surface area (Å²) in [6.45, 7) is 4.06. The molecule has 1 aliphatic rings. The van der Waals surface area contributed by atoms with Crippen molar-refractivity contribution >= 4 is 29.3 Å². The second kappa shape index (κ2) is 11.0. The maximum absolute atomic E-state index is 12.9. The average molecular weight is 464 g/mol. The Morgan fingerprint density at radius 3 is 2.18 bits per heavy atom. The van der Waals surface area contributed by atoms with E-state index < -0.39 is 6.09 Å². The minimum absolute atomic E-state index is 0.00534. The normalized spacial score (nSPS) is 14.0. The first-order valence-electron chi connectivity index (χ1n) is 11.0. The summed E-state index contributed by atoms with van der Waals surface area (Å²) in [5.74, 6) is 0.472. The van der Waals surface area contributed by atoms with Crippen molar-refractivity contribution in [1.82, 2.24) is 9.80 Å². The molecule has 2 amide bonds. The van der Waals surface area contributed by atoms with Gasteiger partial charge in [-0.3, -0.25) is 15.0 Å². The fraction of sp³-hybridized carbons (Fsp3) is 0.231. The molecule has 0 aliphatic carbocycles. The molecule has 0 spiro atoms. The molecule has 0 radical (unpaired) electrons. The Bertz CT molecular complexity index is 1060. The quantitative estimate of drug-likeness (QED) is 0.561. The summed E-state index contributed by atoms with van der Waals surface area (Å²) >= 11 is 5.95. The SMILES string of the molecule is O=C(Nc1ccc(C(=O)N2CCN(CCc3ccc(Cl)cc3)CC2)cc1)Oc1ccccc1. The molecule has 0 aromatic heterocycles. The second-order valence-corrected chi connectivity index (χ2v) is 8.35. The van der Waals surface area contributed by atoms with Gasteiger partial charge in [-0.05, 0) is 60.5 Å². The Hall–Kier alpha value is -3.35. The van der Waals surface area contributed by atoms with Crippen molar-refractivity contribution in [2.24, 2.45) is 0 Å². The van der Waals surface area contributed by atoms with Gasteiger partial charge in [0.25, 0.3) is 5.91 Å². The number of hydrogen-bond donors (Lipinski definition) is 1. The van der Waals surface area contributed by atoms with Crippen molar-refractivity contribution in [3.8, 4) is 5.75 Å². The van der Waals surface area contributed by atoms with Gasteiger partial charge < -0.3 is 9.64 Å². The fourth-order valence-electron chi connectivity index (χ4n) is 3.73. The lowest BCUT2D eigenvalue weighted by molar-refractivity contribution is 0.0638. The molecule has 3 aromatic carbocycles. The molecule has 0 unspecified atom stereocenters. The Morgan fingerprint density at radius 1 is 0.848 bits per heavy atom. The third kappa shape index (κ3) is 6.57. The van der Waals surface area contributed by atoms with Crippen molar-refractivity contribution in [2.45, 2.75) is 6.42 Å². The molecule has 7 heteroatoms. The highest BCUT2D eigenvalue weighted by Crippen LogP contribution is 2.16. The van der Waals surface area contributed by atoms with Gasteiger partial charge >= 0.3 is 6.09 Å². The lowest BCUT2D eigenvalue weighted by Crippen LogP contribution is -2.49. The van der Waals surface area contributed by atoms with Crippen molar-refractivity contribution < 1.29 is 14.3 Å². The molecule has 1 fully saturated rings. The van der Waals surface area contributed by atoms with Crippen LogP contribution in [0.4, 0.5) is 10.5 Å². The number of para-hydroxylation sites is 1. The Labute approximate surface area is 198 Å². The molecule has 170 valence electrons. The molecule has 3 aromatic rings. The zero-order valence-corrected chi connectivity index (χ0v) is 19.0. The molecule has 0 saturated carbocycles. The van der Waals surface area contributed by atoms with E-state index in [1.807, 2.05) is 23.1 Å². The lowest BCUT2D eigenvalue weighted by atomic mass is 10.1. The molecule has 33 heavy (non-hydrogen) atoms. The number of carbonyl (C=O) groups is 2. The van der Waals surface area contributed by atoms with E-state index in [2.05, 4.69) is 22.3 Å². The third-order valence-electron chi connectivity index (χ3n) is 5.62. The van der Waals surface area contributed by atoms with Gasteiger partial charge in [-0.15, -0.1) is 0 Å². The predicted molar refractivity (Wildman–Crippen MR) is 130 cm³/mol. The van der Waals surface area contributed by atoms with Crippen LogP contribution in [0.2, 0.25) is 5.02 Å². The van der Waals surface area contributed by atoms with Gasteiger partial charge in [-0.1, -0.05) is 41.9 Å². The third-order valence-corrected chi connectivity index (χ3v) is 5.87. The largest absolute Gasteiger partial charge is 0.417 e. The highest BCUT2D eigenvalue weighted by molar-refractivity contribution is 6.30. The monoisotopic (exact) mass is 463 g/mol. The number of piperazine rings is 1. The van der Waals surface area contributed by atoms with E-state index in [9.17, 15) is 9.59 Å². The first-order chi connectivity index (χ1) is 16.1. The van der Waals surface area contributed by atoms with Crippen LogP contribution in [0.3, 0.4) is 0 Å². The van der Waals surface area contributed by atoms with Gasteiger partial charge in [-0.2, -0.15) is 0 Å². The van der Waals surface area contributed by atoms with Gasteiger partial charge in [0, 0.05) is 49.0 Å². The van der Waals surface area contributed by atoms with Crippen LogP contribution in [0.15, 0.2) is 78.9 Å². The Kier molecular flexibility index (Phi) is 7.60. The Balaban J connectivity index is 1.23. The molecular formula is C26H26ClN3O3. The van der Waals surface area contributed by atoms with Crippen molar-refractivity contribution in [2.75, 3.05) is 38.0 Å². The van der Waals surface area contributed by atoms with Gasteiger partial charge in [-0.25, -0.2) is 4.79 Å². The number of carbonyl (C=O) groups excluding carboxylic acids is 2. The number of ether oxygens (including phenoxy) is 1. The van der Waals surface area contributed by atoms with Crippen LogP contribution >= 0.6 is 11.6 Å². The van der Waals surface area contributed by atoms with E-state index in [1.165, 1.54) is 5.56 Å². The van der Waals surface area contributed by atoms with Gasteiger partial charge in [0.2, 0.25) is 0 Å². The number of nitrogens with zero attached hydrogens (tertiary/aromatic N) is 2. The smallest absolute Gasteiger partial charge is 0.410 e. The minimum atomic E-state index is -0.574. The average Bonchev–Trinajstić information content (AvgIpc) is 2.85. The van der Waals surface area contributed by atoms with Crippen LogP contribution in [-0.2, 0) is 6.42 Å². The number of anilines is 1. The second-order valence-electron chi connectivity index (χ2n) is 7.92. The van der Waals surface area contributed by atoms with E-state index in [-0.39, 0.29) is 5.91 Å². The number of hydrogen-bond acceptors (Lipinski definition) is 4. The van der Waals surface area contributed by atoms with Gasteiger partial charge in [0.1, 0.15) is 5.75 Å². The minimum Gasteiger partial charge on any atom is -0.410 e. The number of nitrogens with one attached hydrogen (secondary N) is 1. The maximum Gasteiger partial charge on any atom is 0.417 e. The van der Waals surface area contributed by atoms with Crippen molar-refractivity contribution in [3.05, 3.63) is 95.0 Å². The summed E-state index contributed by atoms with van der Waals surface area (Å²) in [6, 6.07) is 23.7. The number of amides is 2. The zero-order valence-electron chi connectivity index (χ0n) is 18.2. The van der Waals surface area contributed by atoms with E-state index in [1.54, 1.807) is 48.5 Å². The lowest BCUT2D eigenvalue weighted by Gasteiger charge is -2.34. The van der Waals surface area contributed by atoms with Gasteiger partial charge in [0.05, 0.1) is 0 Å². The first kappa shape index (κ1) is 22.8. The van der Waals surface area contributed by atoms with Crippen molar-refractivity contribution in [3.63, 3.8) is 0 Å². The first-order valence-corrected chi connectivity index (χ1v) is 11.3. The van der Waals surface area contributed by atoms with Crippen LogP contribution in [-0.4, -0.2) is 54.5 Å². The van der Waals surface area contributed by atoms with E-state index in [4.69, 9.17) is 16.3 Å².